The average Bonchev–Trinajstić information content (AvgIpc) is 3.13. The van der Waals surface area contributed by atoms with Gasteiger partial charge in [-0.1, -0.05) is 30.3 Å². The van der Waals surface area contributed by atoms with Crippen LogP contribution < -0.4 is 10.6 Å². The maximum atomic E-state index is 12.5. The van der Waals surface area contributed by atoms with Gasteiger partial charge in [0.15, 0.2) is 0 Å². The molecule has 0 aliphatic carbocycles. The zero-order chi connectivity index (χ0) is 20.9. The molecule has 0 aromatic heterocycles. The van der Waals surface area contributed by atoms with Crippen molar-refractivity contribution in [3.8, 4) is 0 Å². The molecule has 2 unspecified atom stereocenters. The molecule has 2 heterocycles. The van der Waals surface area contributed by atoms with Crippen molar-refractivity contribution in [1.29, 1.82) is 0 Å². The SMILES string of the molecule is Nc1ccc(N2CC(CN3CCCC(C(=O)OCc4ccccc4)C3)OC2=O)cc1. The van der Waals surface area contributed by atoms with Crippen molar-refractivity contribution < 1.29 is 19.1 Å². The molecule has 2 saturated heterocycles. The van der Waals surface area contributed by atoms with Crippen LogP contribution in [0, 0.1) is 5.92 Å². The van der Waals surface area contributed by atoms with E-state index in [1.165, 1.54) is 0 Å². The Kier molecular flexibility index (Phi) is 6.18. The molecule has 2 aromatic rings. The van der Waals surface area contributed by atoms with Crippen molar-refractivity contribution in [2.75, 3.05) is 36.8 Å². The number of ether oxygens (including phenoxy) is 2. The molecular weight excluding hydrogens is 382 g/mol. The number of carbonyl (C=O) groups excluding carboxylic acids is 2. The van der Waals surface area contributed by atoms with Crippen LogP contribution in [0.15, 0.2) is 54.6 Å². The molecule has 2 aliphatic heterocycles. The van der Waals surface area contributed by atoms with E-state index < -0.39 is 0 Å². The quantitative estimate of drug-likeness (QED) is 0.583. The van der Waals surface area contributed by atoms with Gasteiger partial charge in [-0.2, -0.15) is 0 Å². The lowest BCUT2D eigenvalue weighted by Crippen LogP contribution is -2.43. The van der Waals surface area contributed by atoms with Crippen LogP contribution >= 0.6 is 0 Å². The summed E-state index contributed by atoms with van der Waals surface area (Å²) in [4.78, 5) is 28.6. The zero-order valence-electron chi connectivity index (χ0n) is 16.9. The van der Waals surface area contributed by atoms with E-state index >= 15 is 0 Å². The fraction of sp³-hybridized carbons (Fsp3) is 0.391. The maximum absolute atomic E-state index is 12.5. The summed E-state index contributed by atoms with van der Waals surface area (Å²) in [6.45, 7) is 2.91. The second-order valence-electron chi connectivity index (χ2n) is 7.90. The molecule has 7 nitrogen and oxygen atoms in total. The van der Waals surface area contributed by atoms with Gasteiger partial charge in [-0.05, 0) is 49.2 Å². The number of likely N-dealkylation sites (tertiary alicyclic amines) is 1. The predicted molar refractivity (Wildman–Crippen MR) is 114 cm³/mol. The lowest BCUT2D eigenvalue weighted by atomic mass is 9.98. The van der Waals surface area contributed by atoms with Gasteiger partial charge < -0.3 is 15.2 Å². The van der Waals surface area contributed by atoms with Crippen molar-refractivity contribution in [1.82, 2.24) is 4.90 Å². The van der Waals surface area contributed by atoms with Gasteiger partial charge in [0.05, 0.1) is 12.5 Å². The van der Waals surface area contributed by atoms with Gasteiger partial charge in [-0.25, -0.2) is 4.79 Å². The Hall–Kier alpha value is -3.06. The number of hydrogen-bond acceptors (Lipinski definition) is 6. The Bertz CT molecular complexity index is 872. The van der Waals surface area contributed by atoms with Crippen LogP contribution in [0.3, 0.4) is 0 Å². The summed E-state index contributed by atoms with van der Waals surface area (Å²) in [6, 6.07) is 16.9. The number of nitrogens with two attached hydrogens (primary N) is 1. The molecule has 2 atom stereocenters. The van der Waals surface area contributed by atoms with Crippen LogP contribution in [-0.2, 0) is 20.9 Å². The number of piperidine rings is 1. The Balaban J connectivity index is 1.28. The molecular formula is C23H27N3O4. The van der Waals surface area contributed by atoms with Crippen LogP contribution in [0.25, 0.3) is 0 Å². The second kappa shape index (κ2) is 9.17. The number of anilines is 2. The van der Waals surface area contributed by atoms with Gasteiger partial charge in [0.2, 0.25) is 0 Å². The molecule has 0 radical (unpaired) electrons. The van der Waals surface area contributed by atoms with Crippen LogP contribution in [-0.4, -0.2) is 49.2 Å². The topological polar surface area (TPSA) is 85.1 Å². The smallest absolute Gasteiger partial charge is 0.414 e. The van der Waals surface area contributed by atoms with Gasteiger partial charge in [0, 0.05) is 24.5 Å². The molecule has 158 valence electrons. The largest absolute Gasteiger partial charge is 0.461 e. The minimum atomic E-state index is -0.347. The van der Waals surface area contributed by atoms with E-state index in [-0.39, 0.29) is 24.1 Å². The van der Waals surface area contributed by atoms with Crippen LogP contribution in [0.2, 0.25) is 0 Å². The van der Waals surface area contributed by atoms with Crippen molar-refractivity contribution >= 4 is 23.4 Å². The number of hydrogen-bond donors (Lipinski definition) is 1. The van der Waals surface area contributed by atoms with Gasteiger partial charge in [-0.3, -0.25) is 14.6 Å². The third kappa shape index (κ3) is 4.91. The summed E-state index contributed by atoms with van der Waals surface area (Å²) in [5.41, 5.74) is 8.14. The molecule has 7 heteroatoms. The molecule has 1 amide bonds. The van der Waals surface area contributed by atoms with Crippen LogP contribution in [0.4, 0.5) is 16.2 Å². The number of carbonyl (C=O) groups is 2. The summed E-state index contributed by atoms with van der Waals surface area (Å²) in [6.07, 6.45) is 1.18. The van der Waals surface area contributed by atoms with E-state index in [0.29, 0.717) is 31.9 Å². The van der Waals surface area contributed by atoms with Crippen LogP contribution in [0.1, 0.15) is 18.4 Å². The summed E-state index contributed by atoms with van der Waals surface area (Å²) >= 11 is 0. The van der Waals surface area contributed by atoms with E-state index in [9.17, 15) is 9.59 Å². The molecule has 0 spiro atoms. The summed E-state index contributed by atoms with van der Waals surface area (Å²) in [5.74, 6) is -0.303. The predicted octanol–water partition coefficient (Wildman–Crippen LogP) is 3.05. The number of benzene rings is 2. The third-order valence-corrected chi connectivity index (χ3v) is 5.60. The maximum Gasteiger partial charge on any atom is 0.414 e. The lowest BCUT2D eigenvalue weighted by molar-refractivity contribution is -0.152. The Morgan fingerprint density at radius 1 is 1.10 bits per heavy atom. The number of nitrogens with zero attached hydrogens (tertiary/aromatic N) is 2. The van der Waals surface area contributed by atoms with E-state index in [1.54, 1.807) is 17.0 Å². The lowest BCUT2D eigenvalue weighted by Gasteiger charge is -2.32. The highest BCUT2D eigenvalue weighted by atomic mass is 16.6. The molecule has 0 saturated carbocycles. The van der Waals surface area contributed by atoms with Gasteiger partial charge >= 0.3 is 12.1 Å². The first kappa shape index (κ1) is 20.2. The first-order valence-corrected chi connectivity index (χ1v) is 10.3. The normalized spacial score (nSPS) is 22.0. The standard InChI is InChI=1S/C23H27N3O4/c24-19-8-10-20(11-9-19)26-15-21(30-23(26)28)14-25-12-4-7-18(13-25)22(27)29-16-17-5-2-1-3-6-17/h1-3,5-6,8-11,18,21H,4,7,12-16,24H2. The summed E-state index contributed by atoms with van der Waals surface area (Å²) in [7, 11) is 0. The highest BCUT2D eigenvalue weighted by Crippen LogP contribution is 2.25. The van der Waals surface area contributed by atoms with E-state index in [1.807, 2.05) is 42.5 Å². The minimum absolute atomic E-state index is 0.146. The van der Waals surface area contributed by atoms with Gasteiger partial charge in [-0.15, -0.1) is 0 Å². The molecule has 30 heavy (non-hydrogen) atoms. The van der Waals surface area contributed by atoms with Gasteiger partial charge in [0.25, 0.3) is 0 Å². The number of nitrogen functional groups attached to an aromatic ring is 1. The van der Waals surface area contributed by atoms with E-state index in [4.69, 9.17) is 15.2 Å². The van der Waals surface area contributed by atoms with E-state index in [2.05, 4.69) is 4.90 Å². The molecule has 2 N–H and O–H groups in total. The van der Waals surface area contributed by atoms with Crippen molar-refractivity contribution in [2.45, 2.75) is 25.6 Å². The number of cyclic esters (lactones) is 1. The monoisotopic (exact) mass is 409 g/mol. The average molecular weight is 409 g/mol. The molecule has 4 rings (SSSR count). The molecule has 0 bridgehead atoms. The number of rotatable bonds is 6. The summed E-state index contributed by atoms with van der Waals surface area (Å²) < 4.78 is 11.1. The zero-order valence-corrected chi connectivity index (χ0v) is 16.9. The highest BCUT2D eigenvalue weighted by molar-refractivity contribution is 5.89. The first-order chi connectivity index (χ1) is 14.6. The molecule has 2 aromatic carbocycles. The fourth-order valence-corrected chi connectivity index (χ4v) is 4.03. The Labute approximate surface area is 176 Å². The summed E-state index contributed by atoms with van der Waals surface area (Å²) in [5, 5.41) is 0. The first-order valence-electron chi connectivity index (χ1n) is 10.3. The minimum Gasteiger partial charge on any atom is -0.461 e. The number of esters is 1. The van der Waals surface area contributed by atoms with Crippen molar-refractivity contribution in [2.24, 2.45) is 5.92 Å². The molecule has 2 aliphatic rings. The number of amides is 1. The Morgan fingerprint density at radius 3 is 2.63 bits per heavy atom. The molecule has 2 fully saturated rings. The van der Waals surface area contributed by atoms with Gasteiger partial charge in [0.1, 0.15) is 12.7 Å². The fourth-order valence-electron chi connectivity index (χ4n) is 4.03. The highest BCUT2D eigenvalue weighted by Gasteiger charge is 2.35. The van der Waals surface area contributed by atoms with Crippen molar-refractivity contribution in [3.05, 3.63) is 60.2 Å². The van der Waals surface area contributed by atoms with E-state index in [0.717, 1.165) is 30.6 Å². The second-order valence-corrected chi connectivity index (χ2v) is 7.90. The third-order valence-electron chi connectivity index (χ3n) is 5.60. The van der Waals surface area contributed by atoms with Crippen LogP contribution in [0.5, 0.6) is 0 Å². The van der Waals surface area contributed by atoms with Crippen molar-refractivity contribution in [3.63, 3.8) is 0 Å². The Morgan fingerprint density at radius 2 is 1.87 bits per heavy atom.